The van der Waals surface area contributed by atoms with Gasteiger partial charge in [0, 0.05) is 36.0 Å². The molecule has 3 rings (SSSR count). The second kappa shape index (κ2) is 7.35. The van der Waals surface area contributed by atoms with Gasteiger partial charge in [0.2, 0.25) is 5.91 Å². The van der Waals surface area contributed by atoms with Crippen molar-refractivity contribution in [3.63, 3.8) is 0 Å². The maximum absolute atomic E-state index is 12.4. The lowest BCUT2D eigenvalue weighted by molar-refractivity contribution is -0.121. The van der Waals surface area contributed by atoms with Gasteiger partial charge in [0.1, 0.15) is 0 Å². The van der Waals surface area contributed by atoms with Crippen LogP contribution in [0.15, 0.2) is 54.7 Å². The van der Waals surface area contributed by atoms with Crippen molar-refractivity contribution < 1.29 is 4.79 Å². The van der Waals surface area contributed by atoms with Gasteiger partial charge in [-0.3, -0.25) is 4.79 Å². The van der Waals surface area contributed by atoms with E-state index in [1.54, 1.807) is 0 Å². The van der Waals surface area contributed by atoms with Crippen molar-refractivity contribution in [2.24, 2.45) is 0 Å². The van der Waals surface area contributed by atoms with Crippen LogP contribution in [0.3, 0.4) is 0 Å². The Labute approximate surface area is 143 Å². The number of fused-ring (bicyclic) bond motifs is 1. The maximum Gasteiger partial charge on any atom is 0.220 e. The van der Waals surface area contributed by atoms with Crippen LogP contribution in [0.25, 0.3) is 10.9 Å². The summed E-state index contributed by atoms with van der Waals surface area (Å²) in [4.78, 5) is 15.7. The highest BCUT2D eigenvalue weighted by Crippen LogP contribution is 2.33. The minimum atomic E-state index is 0.0536. The van der Waals surface area contributed by atoms with Crippen LogP contribution >= 0.6 is 0 Å². The largest absolute Gasteiger partial charge is 0.361 e. The molecule has 2 N–H and O–H groups in total. The third kappa shape index (κ3) is 3.51. The zero-order valence-electron chi connectivity index (χ0n) is 14.3. The van der Waals surface area contributed by atoms with Gasteiger partial charge in [-0.05, 0) is 30.5 Å². The number of benzene rings is 2. The Morgan fingerprint density at radius 1 is 1.17 bits per heavy atom. The average molecular weight is 320 g/mol. The summed E-state index contributed by atoms with van der Waals surface area (Å²) in [5.41, 5.74) is 4.69. The lowest BCUT2D eigenvalue weighted by Gasteiger charge is -2.18. The highest BCUT2D eigenvalue weighted by atomic mass is 16.1. The summed E-state index contributed by atoms with van der Waals surface area (Å²) < 4.78 is 0. The summed E-state index contributed by atoms with van der Waals surface area (Å²) in [6, 6.07) is 16.7. The Kier molecular flexibility index (Phi) is 4.99. The molecule has 1 amide bonds. The zero-order valence-corrected chi connectivity index (χ0v) is 14.3. The Hall–Kier alpha value is -2.55. The molecule has 1 aromatic heterocycles. The van der Waals surface area contributed by atoms with Gasteiger partial charge in [-0.25, -0.2) is 0 Å². The van der Waals surface area contributed by atoms with Gasteiger partial charge in [0.05, 0.1) is 0 Å². The lowest BCUT2D eigenvalue weighted by atomic mass is 9.87. The van der Waals surface area contributed by atoms with E-state index in [0.717, 1.165) is 18.5 Å². The number of carbonyl (C=O) groups is 1. The van der Waals surface area contributed by atoms with Crippen LogP contribution in [0.2, 0.25) is 0 Å². The van der Waals surface area contributed by atoms with Gasteiger partial charge in [0.25, 0.3) is 0 Å². The SMILES string of the molecule is CCCNC(=O)CC(c1cccc(C)c1)c1c[nH]c2ccccc12. The number of H-pyrrole nitrogens is 1. The molecule has 0 saturated heterocycles. The Morgan fingerprint density at radius 3 is 2.79 bits per heavy atom. The summed E-state index contributed by atoms with van der Waals surface area (Å²) >= 11 is 0. The predicted octanol–water partition coefficient (Wildman–Crippen LogP) is 4.52. The molecular formula is C21H24N2O. The molecule has 3 nitrogen and oxygen atoms in total. The maximum atomic E-state index is 12.4. The molecule has 0 aliphatic rings. The monoisotopic (exact) mass is 320 g/mol. The fourth-order valence-corrected chi connectivity index (χ4v) is 3.20. The van der Waals surface area contributed by atoms with Crippen LogP contribution in [-0.2, 0) is 4.79 Å². The lowest BCUT2D eigenvalue weighted by Crippen LogP contribution is -2.26. The number of aryl methyl sites for hydroxylation is 1. The molecule has 24 heavy (non-hydrogen) atoms. The van der Waals surface area contributed by atoms with Crippen LogP contribution < -0.4 is 5.32 Å². The topological polar surface area (TPSA) is 44.9 Å². The smallest absolute Gasteiger partial charge is 0.220 e. The van der Waals surface area contributed by atoms with Crippen LogP contribution in [0.1, 0.15) is 42.4 Å². The molecule has 2 aromatic carbocycles. The molecule has 0 aliphatic carbocycles. The molecule has 0 aliphatic heterocycles. The summed E-state index contributed by atoms with van der Waals surface area (Å²) in [7, 11) is 0. The number of hydrogen-bond donors (Lipinski definition) is 2. The van der Waals surface area contributed by atoms with E-state index in [2.05, 4.69) is 60.5 Å². The summed E-state index contributed by atoms with van der Waals surface area (Å²) in [6.07, 6.45) is 3.46. The number of hydrogen-bond acceptors (Lipinski definition) is 1. The van der Waals surface area contributed by atoms with E-state index in [4.69, 9.17) is 0 Å². The predicted molar refractivity (Wildman–Crippen MR) is 99.2 cm³/mol. The highest BCUT2D eigenvalue weighted by molar-refractivity contribution is 5.86. The third-order valence-electron chi connectivity index (χ3n) is 4.40. The van der Waals surface area contributed by atoms with Gasteiger partial charge in [0.15, 0.2) is 0 Å². The number of para-hydroxylation sites is 1. The first-order chi connectivity index (χ1) is 11.7. The summed E-state index contributed by atoms with van der Waals surface area (Å²) in [5.74, 6) is 0.159. The number of amides is 1. The van der Waals surface area contributed by atoms with E-state index >= 15 is 0 Å². The second-order valence-electron chi connectivity index (χ2n) is 6.31. The van der Waals surface area contributed by atoms with Gasteiger partial charge in [-0.1, -0.05) is 55.0 Å². The molecular weight excluding hydrogens is 296 g/mol. The molecule has 3 aromatic rings. The van der Waals surface area contributed by atoms with Crippen molar-refractivity contribution in [3.8, 4) is 0 Å². The Bertz CT molecular complexity index is 834. The second-order valence-corrected chi connectivity index (χ2v) is 6.31. The van der Waals surface area contributed by atoms with E-state index < -0.39 is 0 Å². The minimum Gasteiger partial charge on any atom is -0.361 e. The van der Waals surface area contributed by atoms with Gasteiger partial charge in [-0.2, -0.15) is 0 Å². The molecule has 1 atom stereocenters. The molecule has 124 valence electrons. The third-order valence-corrected chi connectivity index (χ3v) is 4.40. The van der Waals surface area contributed by atoms with Crippen LogP contribution in [-0.4, -0.2) is 17.4 Å². The van der Waals surface area contributed by atoms with Crippen molar-refractivity contribution in [2.45, 2.75) is 32.6 Å². The molecule has 3 heteroatoms. The van der Waals surface area contributed by atoms with E-state index in [-0.39, 0.29) is 11.8 Å². The van der Waals surface area contributed by atoms with Gasteiger partial charge >= 0.3 is 0 Å². The van der Waals surface area contributed by atoms with E-state index in [1.807, 2.05) is 18.3 Å². The van der Waals surface area contributed by atoms with Crippen molar-refractivity contribution in [1.29, 1.82) is 0 Å². The van der Waals surface area contributed by atoms with E-state index in [1.165, 1.54) is 22.1 Å². The number of nitrogens with one attached hydrogen (secondary N) is 2. The summed E-state index contributed by atoms with van der Waals surface area (Å²) in [5, 5.41) is 4.20. The molecule has 0 bridgehead atoms. The number of carbonyl (C=O) groups excluding carboxylic acids is 1. The number of rotatable bonds is 6. The standard InChI is InChI=1S/C21H24N2O/c1-3-11-22-21(24)13-18(16-8-6-7-15(2)12-16)19-14-23-20-10-5-4-9-17(19)20/h4-10,12,14,18,23H,3,11,13H2,1-2H3,(H,22,24). The first-order valence-electron chi connectivity index (χ1n) is 8.58. The fraction of sp³-hybridized carbons (Fsp3) is 0.286. The molecule has 0 saturated carbocycles. The van der Waals surface area contributed by atoms with Gasteiger partial charge < -0.3 is 10.3 Å². The minimum absolute atomic E-state index is 0.0536. The van der Waals surface area contributed by atoms with Crippen molar-refractivity contribution in [2.75, 3.05) is 6.54 Å². The zero-order chi connectivity index (χ0) is 16.9. The normalized spacial score (nSPS) is 12.2. The Morgan fingerprint density at radius 2 is 2.00 bits per heavy atom. The molecule has 1 heterocycles. The Balaban J connectivity index is 2.00. The average Bonchev–Trinajstić information content (AvgIpc) is 3.02. The van der Waals surface area contributed by atoms with Crippen molar-refractivity contribution in [3.05, 3.63) is 71.4 Å². The quantitative estimate of drug-likeness (QED) is 0.689. The van der Waals surface area contributed by atoms with Crippen LogP contribution in [0, 0.1) is 6.92 Å². The first-order valence-corrected chi connectivity index (χ1v) is 8.58. The van der Waals surface area contributed by atoms with Crippen LogP contribution in [0.5, 0.6) is 0 Å². The number of aromatic nitrogens is 1. The highest BCUT2D eigenvalue weighted by Gasteiger charge is 2.21. The fourth-order valence-electron chi connectivity index (χ4n) is 3.20. The van der Waals surface area contributed by atoms with E-state index in [0.29, 0.717) is 6.42 Å². The van der Waals surface area contributed by atoms with Crippen molar-refractivity contribution >= 4 is 16.8 Å². The van der Waals surface area contributed by atoms with Gasteiger partial charge in [-0.15, -0.1) is 0 Å². The van der Waals surface area contributed by atoms with E-state index in [9.17, 15) is 4.79 Å². The molecule has 0 fully saturated rings. The molecule has 1 unspecified atom stereocenters. The van der Waals surface area contributed by atoms with Crippen LogP contribution in [0.4, 0.5) is 0 Å². The molecule has 0 radical (unpaired) electrons. The summed E-state index contributed by atoms with van der Waals surface area (Å²) in [6.45, 7) is 4.89. The van der Waals surface area contributed by atoms with Crippen molar-refractivity contribution in [1.82, 2.24) is 10.3 Å². The number of aromatic amines is 1. The first kappa shape index (κ1) is 16.3. The molecule has 0 spiro atoms.